The van der Waals surface area contributed by atoms with Crippen LogP contribution in [-0.2, 0) is 9.59 Å². The quantitative estimate of drug-likeness (QED) is 0.178. The molecule has 5 heteroatoms. The highest BCUT2D eigenvalue weighted by Gasteiger charge is 2.72. The third kappa shape index (κ3) is 4.15. The number of hydrogen-bond acceptors (Lipinski definition) is 4. The van der Waals surface area contributed by atoms with Gasteiger partial charge in [0, 0.05) is 5.92 Å². The lowest BCUT2D eigenvalue weighted by atomic mass is 9.32. The highest BCUT2D eigenvalue weighted by Crippen LogP contribution is 2.77. The van der Waals surface area contributed by atoms with Crippen molar-refractivity contribution in [3.8, 4) is 11.5 Å². The SMILES string of the molecule is C=C(C)[C@@H]1CC[C@]2(C(=O)O)CC[C@]3(C)[C@H](CCC4[C@@]5(C)CC[C@H](C(=O)/C=C/c6ccc(O)c(O)c6)C(C)(C)[C@@H]5CC[C@]43C)[C@@H]12. The van der Waals surface area contributed by atoms with E-state index in [1.54, 1.807) is 18.2 Å². The Kier molecular flexibility index (Phi) is 7.30. The molecule has 5 nitrogen and oxygen atoms in total. The maximum atomic E-state index is 13.7. The maximum Gasteiger partial charge on any atom is 0.309 e. The monoisotopic (exact) mass is 602 g/mol. The Balaban J connectivity index is 1.28. The van der Waals surface area contributed by atoms with Gasteiger partial charge >= 0.3 is 5.97 Å². The first-order valence-electron chi connectivity index (χ1n) is 17.2. The lowest BCUT2D eigenvalue weighted by Gasteiger charge is -2.72. The number of rotatable bonds is 5. The summed E-state index contributed by atoms with van der Waals surface area (Å²) in [5.74, 6) is 1.08. The molecule has 1 aromatic carbocycles. The van der Waals surface area contributed by atoms with Crippen molar-refractivity contribution in [1.82, 2.24) is 0 Å². The fourth-order valence-corrected chi connectivity index (χ4v) is 13.0. The van der Waals surface area contributed by atoms with E-state index in [-0.39, 0.29) is 50.8 Å². The van der Waals surface area contributed by atoms with E-state index in [0.29, 0.717) is 29.2 Å². The minimum absolute atomic E-state index is 0.0560. The fourth-order valence-electron chi connectivity index (χ4n) is 13.0. The van der Waals surface area contributed by atoms with Crippen LogP contribution in [0.4, 0.5) is 0 Å². The van der Waals surface area contributed by atoms with Gasteiger partial charge in [0.2, 0.25) is 0 Å². The number of phenols is 2. The van der Waals surface area contributed by atoms with E-state index in [4.69, 9.17) is 0 Å². The number of fused-ring (bicyclic) bond motifs is 7. The average molecular weight is 603 g/mol. The summed E-state index contributed by atoms with van der Waals surface area (Å²) < 4.78 is 0. The average Bonchev–Trinajstić information content (AvgIpc) is 3.35. The van der Waals surface area contributed by atoms with Gasteiger partial charge in [-0.2, -0.15) is 0 Å². The van der Waals surface area contributed by atoms with Crippen molar-refractivity contribution in [2.24, 2.45) is 62.6 Å². The minimum atomic E-state index is -0.592. The topological polar surface area (TPSA) is 94.8 Å². The van der Waals surface area contributed by atoms with E-state index in [1.807, 2.05) is 0 Å². The molecule has 0 aromatic heterocycles. The zero-order valence-corrected chi connectivity index (χ0v) is 27.8. The third-order valence-electron chi connectivity index (χ3n) is 15.3. The van der Waals surface area contributed by atoms with Gasteiger partial charge in [-0.25, -0.2) is 0 Å². The number of carbonyl (C=O) groups excluding carboxylic acids is 1. The molecule has 5 fully saturated rings. The first-order valence-corrected chi connectivity index (χ1v) is 17.2. The third-order valence-corrected chi connectivity index (χ3v) is 15.3. The number of allylic oxidation sites excluding steroid dienone is 2. The molecule has 0 radical (unpaired) electrons. The van der Waals surface area contributed by atoms with Crippen molar-refractivity contribution in [3.05, 3.63) is 42.0 Å². The lowest BCUT2D eigenvalue weighted by Crippen LogP contribution is -2.66. The van der Waals surface area contributed by atoms with Crippen molar-refractivity contribution < 1.29 is 24.9 Å². The Hall–Kier alpha value is -2.56. The van der Waals surface area contributed by atoms with Crippen LogP contribution in [0.2, 0.25) is 0 Å². The van der Waals surface area contributed by atoms with E-state index >= 15 is 0 Å². The Bertz CT molecular complexity index is 1410. The predicted octanol–water partition coefficient (Wildman–Crippen LogP) is 9.04. The number of phenolic OH excluding ortho intramolecular Hbond substituents is 2. The first-order chi connectivity index (χ1) is 20.5. The van der Waals surface area contributed by atoms with Gasteiger partial charge in [0.15, 0.2) is 17.3 Å². The van der Waals surface area contributed by atoms with Crippen LogP contribution in [0, 0.1) is 62.6 Å². The number of hydrogen-bond donors (Lipinski definition) is 3. The first kappa shape index (κ1) is 31.4. The van der Waals surface area contributed by atoms with E-state index in [1.165, 1.54) is 17.7 Å². The molecule has 1 unspecified atom stereocenters. The molecule has 5 aliphatic carbocycles. The van der Waals surface area contributed by atoms with Crippen LogP contribution in [0.5, 0.6) is 11.5 Å². The number of ketones is 1. The molecule has 0 heterocycles. The van der Waals surface area contributed by atoms with Crippen molar-refractivity contribution >= 4 is 17.8 Å². The van der Waals surface area contributed by atoms with E-state index < -0.39 is 11.4 Å². The predicted molar refractivity (Wildman–Crippen MR) is 174 cm³/mol. The molecule has 1 aromatic rings. The van der Waals surface area contributed by atoms with Gasteiger partial charge < -0.3 is 15.3 Å². The Morgan fingerprint density at radius 1 is 0.841 bits per heavy atom. The van der Waals surface area contributed by atoms with Crippen molar-refractivity contribution in [2.45, 2.75) is 106 Å². The van der Waals surface area contributed by atoms with Gasteiger partial charge in [-0.05, 0) is 146 Å². The summed E-state index contributed by atoms with van der Waals surface area (Å²) in [6.07, 6.45) is 13.4. The smallest absolute Gasteiger partial charge is 0.309 e. The number of aromatic hydroxyl groups is 2. The summed E-state index contributed by atoms with van der Waals surface area (Å²) in [5, 5.41) is 30.2. The van der Waals surface area contributed by atoms with Crippen LogP contribution in [0.15, 0.2) is 36.4 Å². The molecular weight excluding hydrogens is 548 g/mol. The molecule has 0 saturated heterocycles. The summed E-state index contributed by atoms with van der Waals surface area (Å²) in [6.45, 7) is 18.8. The van der Waals surface area contributed by atoms with Gasteiger partial charge in [-0.15, -0.1) is 0 Å². The normalized spacial score (nSPS) is 44.2. The molecule has 240 valence electrons. The number of benzene rings is 1. The minimum Gasteiger partial charge on any atom is -0.504 e. The van der Waals surface area contributed by atoms with Crippen LogP contribution in [0.25, 0.3) is 6.08 Å². The second-order valence-corrected chi connectivity index (χ2v) is 17.0. The van der Waals surface area contributed by atoms with Gasteiger partial charge in [0.25, 0.3) is 0 Å². The van der Waals surface area contributed by atoms with Gasteiger partial charge in [0.05, 0.1) is 5.41 Å². The highest BCUT2D eigenvalue weighted by atomic mass is 16.4. The van der Waals surface area contributed by atoms with Gasteiger partial charge in [0.1, 0.15) is 0 Å². The molecule has 0 aliphatic heterocycles. The standard InChI is InChI=1S/C39H54O5/c1-23(2)25-14-19-39(34(43)44)21-20-37(6)27(33(25)39)10-13-32-36(5)17-15-26(35(3,4)31(36)16-18-38(32,37)7)28(40)11-8-24-9-12-29(41)30(42)22-24/h8-9,11-12,22,25-27,31-33,41-42H,1,10,13-21H2,2-7H3,(H,43,44)/b11-8+/t25-,26+,27+,31-,32?,33+,36-,37+,38+,39-/m0/s1. The number of carboxylic acids is 1. The molecule has 0 bridgehead atoms. The molecule has 5 saturated carbocycles. The molecule has 0 spiro atoms. The Morgan fingerprint density at radius 3 is 2.23 bits per heavy atom. The largest absolute Gasteiger partial charge is 0.504 e. The maximum absolute atomic E-state index is 13.7. The zero-order valence-electron chi connectivity index (χ0n) is 27.8. The fraction of sp³-hybridized carbons (Fsp3) is 0.692. The van der Waals surface area contributed by atoms with E-state index in [2.05, 4.69) is 48.1 Å². The molecule has 0 amide bonds. The van der Waals surface area contributed by atoms with Crippen LogP contribution in [0.1, 0.15) is 111 Å². The van der Waals surface area contributed by atoms with E-state index in [9.17, 15) is 24.9 Å². The van der Waals surface area contributed by atoms with Gasteiger partial charge in [-0.3, -0.25) is 9.59 Å². The second kappa shape index (κ2) is 10.2. The summed E-state index contributed by atoms with van der Waals surface area (Å²) in [5.41, 5.74) is 1.50. The molecule has 10 atom stereocenters. The van der Waals surface area contributed by atoms with Crippen LogP contribution in [-0.4, -0.2) is 27.1 Å². The summed E-state index contributed by atoms with van der Waals surface area (Å²) in [7, 11) is 0. The van der Waals surface area contributed by atoms with E-state index in [0.717, 1.165) is 64.2 Å². The summed E-state index contributed by atoms with van der Waals surface area (Å²) in [6, 6.07) is 4.64. The Morgan fingerprint density at radius 2 is 1.57 bits per heavy atom. The molecular formula is C39H54O5. The molecule has 6 rings (SSSR count). The number of carbonyl (C=O) groups is 2. The highest BCUT2D eigenvalue weighted by molar-refractivity contribution is 5.96. The van der Waals surface area contributed by atoms with Crippen molar-refractivity contribution in [1.29, 1.82) is 0 Å². The lowest BCUT2D eigenvalue weighted by molar-refractivity contribution is -0.242. The van der Waals surface area contributed by atoms with Crippen LogP contribution < -0.4 is 0 Å². The molecule has 3 N–H and O–H groups in total. The van der Waals surface area contributed by atoms with Crippen LogP contribution >= 0.6 is 0 Å². The number of aliphatic carboxylic acids is 1. The van der Waals surface area contributed by atoms with Crippen LogP contribution in [0.3, 0.4) is 0 Å². The van der Waals surface area contributed by atoms with Crippen molar-refractivity contribution in [2.75, 3.05) is 0 Å². The molecule has 44 heavy (non-hydrogen) atoms. The second-order valence-electron chi connectivity index (χ2n) is 17.0. The zero-order chi connectivity index (χ0) is 32.0. The Labute approximate surface area is 264 Å². The summed E-state index contributed by atoms with van der Waals surface area (Å²) in [4.78, 5) is 26.7. The number of carboxylic acid groups (broad SMARTS) is 1. The summed E-state index contributed by atoms with van der Waals surface area (Å²) >= 11 is 0. The van der Waals surface area contributed by atoms with Crippen molar-refractivity contribution in [3.63, 3.8) is 0 Å². The molecule has 5 aliphatic rings. The van der Waals surface area contributed by atoms with Gasteiger partial charge in [-0.1, -0.05) is 58.9 Å².